The Morgan fingerprint density at radius 1 is 1.05 bits per heavy atom. The average molecular weight is 285 g/mol. The average Bonchev–Trinajstić information content (AvgIpc) is 2.39. The van der Waals surface area contributed by atoms with Crippen LogP contribution in [0.1, 0.15) is 30.5 Å². The fourth-order valence-electron chi connectivity index (χ4n) is 2.06. The van der Waals surface area contributed by atoms with E-state index in [1.807, 2.05) is 11.8 Å². The van der Waals surface area contributed by atoms with E-state index in [1.165, 1.54) is 26.5 Å². The molecule has 2 aromatic rings. The lowest BCUT2D eigenvalue weighted by Gasteiger charge is -2.11. The standard InChI is InChI=1S/C18H23NS/c1-13(2)19-12-16-8-9-18(15(4)11-16)20-17-7-5-6-14(3)10-17/h5-11,13,19H,12H2,1-4H3. The van der Waals surface area contributed by atoms with Crippen LogP contribution in [0.15, 0.2) is 52.3 Å². The first-order chi connectivity index (χ1) is 9.54. The van der Waals surface area contributed by atoms with Crippen LogP contribution in [0.5, 0.6) is 0 Å². The topological polar surface area (TPSA) is 12.0 Å². The second-order valence-corrected chi connectivity index (χ2v) is 6.67. The summed E-state index contributed by atoms with van der Waals surface area (Å²) in [6, 6.07) is 15.9. The van der Waals surface area contributed by atoms with E-state index in [0.717, 1.165) is 6.54 Å². The summed E-state index contributed by atoms with van der Waals surface area (Å²) in [5, 5.41) is 3.46. The van der Waals surface area contributed by atoms with Gasteiger partial charge in [-0.3, -0.25) is 0 Å². The molecule has 0 radical (unpaired) electrons. The van der Waals surface area contributed by atoms with Gasteiger partial charge in [0.25, 0.3) is 0 Å². The zero-order valence-corrected chi connectivity index (χ0v) is 13.6. The molecule has 0 amide bonds. The summed E-state index contributed by atoms with van der Waals surface area (Å²) < 4.78 is 0. The predicted molar refractivity (Wildman–Crippen MR) is 88.5 cm³/mol. The first-order valence-corrected chi connectivity index (χ1v) is 7.93. The molecule has 0 aliphatic carbocycles. The Morgan fingerprint density at radius 2 is 1.85 bits per heavy atom. The van der Waals surface area contributed by atoms with Crippen molar-refractivity contribution in [3.63, 3.8) is 0 Å². The monoisotopic (exact) mass is 285 g/mol. The molecule has 2 heteroatoms. The lowest BCUT2D eigenvalue weighted by Crippen LogP contribution is -2.21. The molecule has 20 heavy (non-hydrogen) atoms. The van der Waals surface area contributed by atoms with Crippen LogP contribution in [0.25, 0.3) is 0 Å². The van der Waals surface area contributed by atoms with E-state index in [4.69, 9.17) is 0 Å². The van der Waals surface area contributed by atoms with Crippen molar-refractivity contribution >= 4 is 11.8 Å². The Balaban J connectivity index is 2.09. The molecule has 0 aliphatic rings. The molecular weight excluding hydrogens is 262 g/mol. The highest BCUT2D eigenvalue weighted by Crippen LogP contribution is 2.31. The maximum absolute atomic E-state index is 3.46. The van der Waals surface area contributed by atoms with Crippen LogP contribution in [-0.4, -0.2) is 6.04 Å². The molecule has 1 N–H and O–H groups in total. The van der Waals surface area contributed by atoms with Crippen LogP contribution in [0.4, 0.5) is 0 Å². The SMILES string of the molecule is Cc1cccc(Sc2ccc(CNC(C)C)cc2C)c1. The number of nitrogens with one attached hydrogen (secondary N) is 1. The second-order valence-electron chi connectivity index (χ2n) is 5.55. The molecule has 0 saturated carbocycles. The van der Waals surface area contributed by atoms with Gasteiger partial charge in [0.2, 0.25) is 0 Å². The van der Waals surface area contributed by atoms with E-state index >= 15 is 0 Å². The predicted octanol–water partition coefficient (Wildman–Crippen LogP) is 4.95. The van der Waals surface area contributed by atoms with Crippen LogP contribution in [0, 0.1) is 13.8 Å². The van der Waals surface area contributed by atoms with Crippen LogP contribution >= 0.6 is 11.8 Å². The molecule has 0 unspecified atom stereocenters. The number of aryl methyl sites for hydroxylation is 2. The van der Waals surface area contributed by atoms with E-state index in [-0.39, 0.29) is 0 Å². The second kappa shape index (κ2) is 6.96. The fourth-order valence-corrected chi connectivity index (χ4v) is 3.07. The number of hydrogen-bond donors (Lipinski definition) is 1. The summed E-state index contributed by atoms with van der Waals surface area (Å²) in [5.74, 6) is 0. The first kappa shape index (κ1) is 15.1. The highest BCUT2D eigenvalue weighted by Gasteiger charge is 2.03. The van der Waals surface area contributed by atoms with Crippen molar-refractivity contribution in [3.8, 4) is 0 Å². The van der Waals surface area contributed by atoms with Crippen molar-refractivity contribution in [1.29, 1.82) is 0 Å². The van der Waals surface area contributed by atoms with Crippen molar-refractivity contribution in [1.82, 2.24) is 5.32 Å². The molecule has 1 nitrogen and oxygen atoms in total. The molecule has 0 spiro atoms. The molecule has 0 fully saturated rings. The van der Waals surface area contributed by atoms with Crippen molar-refractivity contribution in [3.05, 3.63) is 59.2 Å². The fraction of sp³-hybridized carbons (Fsp3) is 0.333. The van der Waals surface area contributed by atoms with Crippen molar-refractivity contribution in [2.75, 3.05) is 0 Å². The smallest absolute Gasteiger partial charge is 0.0207 e. The van der Waals surface area contributed by atoms with Gasteiger partial charge in [-0.1, -0.05) is 55.4 Å². The number of benzene rings is 2. The lowest BCUT2D eigenvalue weighted by molar-refractivity contribution is 0.588. The summed E-state index contributed by atoms with van der Waals surface area (Å²) in [4.78, 5) is 2.64. The Kier molecular flexibility index (Phi) is 5.27. The Hall–Kier alpha value is -1.25. The van der Waals surface area contributed by atoms with Gasteiger partial charge in [0.05, 0.1) is 0 Å². The minimum Gasteiger partial charge on any atom is -0.310 e. The molecule has 106 valence electrons. The molecule has 2 aromatic carbocycles. The van der Waals surface area contributed by atoms with Gasteiger partial charge in [-0.25, -0.2) is 0 Å². The lowest BCUT2D eigenvalue weighted by atomic mass is 10.1. The van der Waals surface area contributed by atoms with Gasteiger partial charge in [-0.15, -0.1) is 0 Å². The molecule has 0 aromatic heterocycles. The van der Waals surface area contributed by atoms with Gasteiger partial charge in [0.15, 0.2) is 0 Å². The minimum atomic E-state index is 0.525. The summed E-state index contributed by atoms with van der Waals surface area (Å²) in [6.07, 6.45) is 0. The zero-order valence-electron chi connectivity index (χ0n) is 12.7. The molecule has 0 saturated heterocycles. The summed E-state index contributed by atoms with van der Waals surface area (Å²) in [7, 11) is 0. The summed E-state index contributed by atoms with van der Waals surface area (Å²) in [5.41, 5.74) is 4.01. The zero-order chi connectivity index (χ0) is 14.5. The first-order valence-electron chi connectivity index (χ1n) is 7.12. The number of hydrogen-bond acceptors (Lipinski definition) is 2. The molecule has 0 heterocycles. The maximum atomic E-state index is 3.46. The Bertz CT molecular complexity index is 575. The highest BCUT2D eigenvalue weighted by molar-refractivity contribution is 7.99. The summed E-state index contributed by atoms with van der Waals surface area (Å²) >= 11 is 1.84. The van der Waals surface area contributed by atoms with Crippen LogP contribution in [0.2, 0.25) is 0 Å². The molecule has 0 atom stereocenters. The van der Waals surface area contributed by atoms with Gasteiger partial charge >= 0.3 is 0 Å². The van der Waals surface area contributed by atoms with Gasteiger partial charge in [-0.2, -0.15) is 0 Å². The third-order valence-electron chi connectivity index (χ3n) is 3.17. The molecule has 0 bridgehead atoms. The van der Waals surface area contributed by atoms with Crippen molar-refractivity contribution in [2.24, 2.45) is 0 Å². The normalized spacial score (nSPS) is 11.1. The van der Waals surface area contributed by atoms with E-state index in [1.54, 1.807) is 0 Å². The van der Waals surface area contributed by atoms with Crippen LogP contribution in [-0.2, 0) is 6.54 Å². The number of rotatable bonds is 5. The van der Waals surface area contributed by atoms with Gasteiger partial charge in [0.1, 0.15) is 0 Å². The van der Waals surface area contributed by atoms with Gasteiger partial charge in [-0.05, 0) is 43.2 Å². The van der Waals surface area contributed by atoms with Crippen molar-refractivity contribution in [2.45, 2.75) is 50.1 Å². The van der Waals surface area contributed by atoms with Gasteiger partial charge < -0.3 is 5.32 Å². The van der Waals surface area contributed by atoms with Crippen molar-refractivity contribution < 1.29 is 0 Å². The maximum Gasteiger partial charge on any atom is 0.0207 e. The van der Waals surface area contributed by atoms with E-state index in [9.17, 15) is 0 Å². The van der Waals surface area contributed by atoms with Crippen LogP contribution < -0.4 is 5.32 Å². The quantitative estimate of drug-likeness (QED) is 0.834. The Morgan fingerprint density at radius 3 is 2.50 bits per heavy atom. The van der Waals surface area contributed by atoms with Gasteiger partial charge in [0, 0.05) is 22.4 Å². The highest BCUT2D eigenvalue weighted by atomic mass is 32.2. The molecule has 0 aliphatic heterocycles. The third kappa shape index (κ3) is 4.39. The summed E-state index contributed by atoms with van der Waals surface area (Å²) in [6.45, 7) is 9.62. The Labute approximate surface area is 126 Å². The molecular formula is C18H23NS. The van der Waals surface area contributed by atoms with E-state index in [2.05, 4.69) is 75.5 Å². The van der Waals surface area contributed by atoms with E-state index < -0.39 is 0 Å². The van der Waals surface area contributed by atoms with E-state index in [0.29, 0.717) is 6.04 Å². The van der Waals surface area contributed by atoms with Crippen LogP contribution in [0.3, 0.4) is 0 Å². The largest absolute Gasteiger partial charge is 0.310 e. The minimum absolute atomic E-state index is 0.525. The molecule has 2 rings (SSSR count). The third-order valence-corrected chi connectivity index (χ3v) is 4.34.